The van der Waals surface area contributed by atoms with Gasteiger partial charge in [0.2, 0.25) is 10.0 Å². The Morgan fingerprint density at radius 2 is 2.00 bits per heavy atom. The Hall–Kier alpha value is -0.920. The van der Waals surface area contributed by atoms with Crippen LogP contribution in [0.2, 0.25) is 0 Å². The van der Waals surface area contributed by atoms with Crippen LogP contribution >= 0.6 is 24.8 Å². The number of hydrogen-bond donors (Lipinski definition) is 1. The number of rotatable bonds is 2. The fourth-order valence-corrected chi connectivity index (χ4v) is 5.02. The molecule has 0 bridgehead atoms. The van der Waals surface area contributed by atoms with Crippen molar-refractivity contribution in [2.45, 2.75) is 31.2 Å². The molecule has 0 aliphatic carbocycles. The third-order valence-corrected chi connectivity index (χ3v) is 6.24. The minimum Gasteiger partial charge on any atom is -0.315 e. The van der Waals surface area contributed by atoms with Gasteiger partial charge in [-0.15, -0.1) is 24.8 Å². The van der Waals surface area contributed by atoms with Crippen molar-refractivity contribution < 1.29 is 8.42 Å². The lowest BCUT2D eigenvalue weighted by atomic mass is 10.1. The van der Waals surface area contributed by atoms with Gasteiger partial charge >= 0.3 is 0 Å². The molecule has 3 rings (SSSR count). The third-order valence-electron chi connectivity index (χ3n) is 4.18. The fraction of sp³-hybridized carbons (Fsp3) is 0.438. The molecule has 2 aromatic rings. The van der Waals surface area contributed by atoms with E-state index in [1.54, 1.807) is 28.8 Å². The zero-order chi connectivity index (χ0) is 15.7. The first-order valence-electron chi connectivity index (χ1n) is 7.57. The number of halogens is 2. The average molecular weight is 392 g/mol. The summed E-state index contributed by atoms with van der Waals surface area (Å²) in [6, 6.07) is 5.35. The topological polar surface area (TPSA) is 62.3 Å². The Labute approximate surface area is 155 Å². The Kier molecular flexibility index (Phi) is 7.44. The number of pyridine rings is 1. The number of hydrogen-bond acceptors (Lipinski definition) is 4. The lowest BCUT2D eigenvalue weighted by Gasteiger charge is -2.26. The molecule has 1 aliphatic rings. The molecule has 1 saturated heterocycles. The van der Waals surface area contributed by atoms with E-state index in [-0.39, 0.29) is 30.9 Å². The number of fused-ring (bicyclic) bond motifs is 1. The van der Waals surface area contributed by atoms with E-state index in [9.17, 15) is 8.42 Å². The lowest BCUT2D eigenvalue weighted by molar-refractivity contribution is 0.354. The van der Waals surface area contributed by atoms with Crippen molar-refractivity contribution in [1.29, 1.82) is 0 Å². The molecule has 8 heteroatoms. The molecule has 5 nitrogen and oxygen atoms in total. The molecule has 1 fully saturated rings. The predicted octanol–water partition coefficient (Wildman–Crippen LogP) is 2.76. The van der Waals surface area contributed by atoms with Gasteiger partial charge in [-0.05, 0) is 38.4 Å². The van der Waals surface area contributed by atoms with Crippen molar-refractivity contribution in [3.8, 4) is 0 Å². The quantitative estimate of drug-likeness (QED) is 0.854. The van der Waals surface area contributed by atoms with Crippen molar-refractivity contribution in [1.82, 2.24) is 14.6 Å². The van der Waals surface area contributed by atoms with Crippen LogP contribution in [0.3, 0.4) is 0 Å². The molecule has 134 valence electrons. The minimum atomic E-state index is -3.52. The number of aromatic nitrogens is 1. The van der Waals surface area contributed by atoms with E-state index in [4.69, 9.17) is 0 Å². The van der Waals surface area contributed by atoms with Crippen LogP contribution < -0.4 is 5.32 Å². The van der Waals surface area contributed by atoms with Crippen LogP contribution in [-0.4, -0.2) is 43.4 Å². The zero-order valence-electron chi connectivity index (χ0n) is 13.7. The number of sulfonamides is 1. The van der Waals surface area contributed by atoms with Crippen molar-refractivity contribution in [3.63, 3.8) is 0 Å². The van der Waals surface area contributed by atoms with Crippen LogP contribution in [0.4, 0.5) is 0 Å². The van der Waals surface area contributed by atoms with E-state index in [1.165, 1.54) is 0 Å². The normalized spacial score (nSPS) is 19.2. The highest BCUT2D eigenvalue weighted by molar-refractivity contribution is 7.89. The van der Waals surface area contributed by atoms with Gasteiger partial charge in [-0.2, -0.15) is 4.31 Å². The summed E-state index contributed by atoms with van der Waals surface area (Å²) in [4.78, 5) is 4.55. The molecular weight excluding hydrogens is 369 g/mol. The van der Waals surface area contributed by atoms with E-state index in [2.05, 4.69) is 10.3 Å². The van der Waals surface area contributed by atoms with Crippen LogP contribution in [0.1, 0.15) is 18.9 Å². The van der Waals surface area contributed by atoms with Gasteiger partial charge in [0.15, 0.2) is 0 Å². The Morgan fingerprint density at radius 3 is 2.75 bits per heavy atom. The number of nitrogens with one attached hydrogen (secondary N) is 1. The monoisotopic (exact) mass is 391 g/mol. The van der Waals surface area contributed by atoms with Crippen LogP contribution in [0.25, 0.3) is 10.8 Å². The number of aryl methyl sites for hydroxylation is 1. The summed E-state index contributed by atoms with van der Waals surface area (Å²) in [6.45, 7) is 5.95. The van der Waals surface area contributed by atoms with Crippen molar-refractivity contribution in [3.05, 3.63) is 36.2 Å². The summed E-state index contributed by atoms with van der Waals surface area (Å²) in [6.07, 6.45) is 4.26. The average Bonchev–Trinajstić information content (AvgIpc) is 2.72. The standard InChI is InChI=1S/C16H21N3O2S.2ClH/c1-12-9-18-11-14-5-3-6-15(16(12)14)22(20,21)19-8-4-7-17-10-13(19)2;;/h3,5-6,9,11,13,17H,4,7-8,10H2,1-2H3;2*1H/t13-;;/m0../s1. The molecule has 24 heavy (non-hydrogen) atoms. The third kappa shape index (κ3) is 3.83. The first-order chi connectivity index (χ1) is 10.5. The van der Waals surface area contributed by atoms with Crippen LogP contribution in [0.5, 0.6) is 0 Å². The van der Waals surface area contributed by atoms with Gasteiger partial charge in [-0.3, -0.25) is 4.98 Å². The molecule has 1 atom stereocenters. The predicted molar refractivity (Wildman–Crippen MR) is 102 cm³/mol. The largest absolute Gasteiger partial charge is 0.315 e. The summed E-state index contributed by atoms with van der Waals surface area (Å²) >= 11 is 0. The molecule has 0 unspecified atom stereocenters. The van der Waals surface area contributed by atoms with Gasteiger partial charge in [-0.1, -0.05) is 12.1 Å². The second-order valence-corrected chi connectivity index (χ2v) is 7.69. The molecule has 2 heterocycles. The smallest absolute Gasteiger partial charge is 0.243 e. The second kappa shape index (κ2) is 8.45. The van der Waals surface area contributed by atoms with Gasteiger partial charge in [-0.25, -0.2) is 8.42 Å². The molecule has 0 spiro atoms. The fourth-order valence-electron chi connectivity index (χ4n) is 3.06. The Balaban J connectivity index is 0.00000144. The van der Waals surface area contributed by atoms with Crippen LogP contribution in [-0.2, 0) is 10.0 Å². The first-order valence-corrected chi connectivity index (χ1v) is 9.01. The summed E-state index contributed by atoms with van der Waals surface area (Å²) < 4.78 is 28.0. The summed E-state index contributed by atoms with van der Waals surface area (Å²) in [7, 11) is -3.52. The molecule has 0 amide bonds. The lowest BCUT2D eigenvalue weighted by Crippen LogP contribution is -2.41. The zero-order valence-corrected chi connectivity index (χ0v) is 16.2. The molecule has 1 aromatic heterocycles. The highest BCUT2D eigenvalue weighted by Crippen LogP contribution is 2.29. The summed E-state index contributed by atoms with van der Waals surface area (Å²) in [5, 5.41) is 4.93. The molecule has 0 radical (unpaired) electrons. The Bertz CT molecular complexity index is 794. The van der Waals surface area contributed by atoms with Crippen molar-refractivity contribution >= 4 is 45.6 Å². The van der Waals surface area contributed by atoms with Gasteiger partial charge in [0, 0.05) is 42.3 Å². The van der Waals surface area contributed by atoms with E-state index < -0.39 is 10.0 Å². The van der Waals surface area contributed by atoms with E-state index in [1.807, 2.05) is 19.9 Å². The van der Waals surface area contributed by atoms with E-state index in [0.717, 1.165) is 29.3 Å². The van der Waals surface area contributed by atoms with Crippen molar-refractivity contribution in [2.24, 2.45) is 0 Å². The van der Waals surface area contributed by atoms with Gasteiger partial charge in [0.05, 0.1) is 4.90 Å². The van der Waals surface area contributed by atoms with Gasteiger partial charge in [0.25, 0.3) is 0 Å². The van der Waals surface area contributed by atoms with E-state index >= 15 is 0 Å². The van der Waals surface area contributed by atoms with Gasteiger partial charge < -0.3 is 5.32 Å². The number of benzene rings is 1. The molecule has 1 aromatic carbocycles. The molecule has 1 N–H and O–H groups in total. The van der Waals surface area contributed by atoms with Crippen LogP contribution in [0, 0.1) is 6.92 Å². The molecule has 1 aliphatic heterocycles. The second-order valence-electron chi connectivity index (χ2n) is 5.83. The number of nitrogens with zero attached hydrogens (tertiary/aromatic N) is 2. The van der Waals surface area contributed by atoms with Crippen LogP contribution in [0.15, 0.2) is 35.5 Å². The first kappa shape index (κ1) is 21.1. The maximum atomic E-state index is 13.2. The summed E-state index contributed by atoms with van der Waals surface area (Å²) in [5.74, 6) is 0. The maximum Gasteiger partial charge on any atom is 0.243 e. The highest BCUT2D eigenvalue weighted by atomic mass is 35.5. The summed E-state index contributed by atoms with van der Waals surface area (Å²) in [5.41, 5.74) is 0.886. The maximum absolute atomic E-state index is 13.2. The SMILES string of the molecule is Cc1cncc2cccc(S(=O)(=O)N3CCCNC[C@@H]3C)c12.Cl.Cl. The van der Waals surface area contributed by atoms with Gasteiger partial charge in [0.1, 0.15) is 0 Å². The molecule has 0 saturated carbocycles. The molecular formula is C16H23Cl2N3O2S. The van der Waals surface area contributed by atoms with Crippen molar-refractivity contribution in [2.75, 3.05) is 19.6 Å². The minimum absolute atomic E-state index is 0. The Morgan fingerprint density at radius 1 is 1.25 bits per heavy atom. The van der Waals surface area contributed by atoms with E-state index in [0.29, 0.717) is 18.0 Å². The highest BCUT2D eigenvalue weighted by Gasteiger charge is 2.31.